The van der Waals surface area contributed by atoms with Crippen LogP contribution in [0.25, 0.3) is 12.2 Å². The number of anilines is 2. The van der Waals surface area contributed by atoms with E-state index in [0.29, 0.717) is 0 Å². The van der Waals surface area contributed by atoms with Crippen molar-refractivity contribution in [3.8, 4) is 0 Å². The molecule has 0 amide bonds. The molecule has 6 heteroatoms. The average Bonchev–Trinajstić information content (AvgIpc) is 2.61. The number of hydrogen-bond acceptors (Lipinski definition) is 5. The maximum atomic E-state index is 11.0. The minimum Gasteiger partial charge on any atom is -0.334 e. The van der Waals surface area contributed by atoms with Crippen molar-refractivity contribution in [2.45, 2.75) is 0 Å². The van der Waals surface area contributed by atoms with Gasteiger partial charge in [0, 0.05) is 24.1 Å². The Balaban J connectivity index is 1.81. The van der Waals surface area contributed by atoms with E-state index in [1.807, 2.05) is 54.6 Å². The van der Waals surface area contributed by atoms with E-state index in [2.05, 4.69) is 15.3 Å². The minimum absolute atomic E-state index is 0.0630. The largest absolute Gasteiger partial charge is 0.334 e. The number of nitrogens with one attached hydrogen (secondary N) is 1. The molecule has 24 heavy (non-hydrogen) atoms. The first-order valence-electron chi connectivity index (χ1n) is 7.28. The Hall–Kier alpha value is -3.54. The standard InChI is InChI=1S/C18H14N4O2/c23-22(24)17-8-4-12-20-18(17)21-16-7-3-5-14(13-16)9-10-15-6-1-2-11-19-15/h1-13H,(H,20,21). The smallest absolute Gasteiger partial charge is 0.311 e. The van der Waals surface area contributed by atoms with Crippen molar-refractivity contribution in [2.24, 2.45) is 0 Å². The third-order valence-corrected chi connectivity index (χ3v) is 3.27. The molecule has 0 fully saturated rings. The van der Waals surface area contributed by atoms with Gasteiger partial charge in [-0.15, -0.1) is 0 Å². The summed E-state index contributed by atoms with van der Waals surface area (Å²) in [5, 5.41) is 14.0. The van der Waals surface area contributed by atoms with Crippen LogP contribution in [0.2, 0.25) is 0 Å². The van der Waals surface area contributed by atoms with Crippen molar-refractivity contribution in [1.82, 2.24) is 9.97 Å². The summed E-state index contributed by atoms with van der Waals surface area (Å²) in [6, 6.07) is 16.2. The minimum atomic E-state index is -0.458. The Morgan fingerprint density at radius 3 is 2.62 bits per heavy atom. The normalized spacial score (nSPS) is 10.7. The highest BCUT2D eigenvalue weighted by atomic mass is 16.6. The molecule has 0 saturated heterocycles. The third-order valence-electron chi connectivity index (χ3n) is 3.27. The van der Waals surface area contributed by atoms with Crippen LogP contribution >= 0.6 is 0 Å². The quantitative estimate of drug-likeness (QED) is 0.560. The molecular formula is C18H14N4O2. The van der Waals surface area contributed by atoms with E-state index in [9.17, 15) is 10.1 Å². The Labute approximate surface area is 138 Å². The fourth-order valence-electron chi connectivity index (χ4n) is 2.15. The highest BCUT2D eigenvalue weighted by molar-refractivity contribution is 5.72. The van der Waals surface area contributed by atoms with Gasteiger partial charge in [0.1, 0.15) is 0 Å². The molecule has 3 aromatic rings. The van der Waals surface area contributed by atoms with Crippen molar-refractivity contribution in [3.63, 3.8) is 0 Å². The Morgan fingerprint density at radius 2 is 1.83 bits per heavy atom. The summed E-state index contributed by atoms with van der Waals surface area (Å²) in [6.07, 6.45) is 7.08. The number of aromatic nitrogens is 2. The second-order valence-electron chi connectivity index (χ2n) is 4.97. The van der Waals surface area contributed by atoms with Gasteiger partial charge in [-0.05, 0) is 42.0 Å². The monoisotopic (exact) mass is 318 g/mol. The second kappa shape index (κ2) is 7.15. The van der Waals surface area contributed by atoms with E-state index < -0.39 is 4.92 Å². The highest BCUT2D eigenvalue weighted by Gasteiger charge is 2.13. The molecule has 1 aromatic carbocycles. The number of nitrogens with zero attached hydrogens (tertiary/aromatic N) is 3. The molecule has 6 nitrogen and oxygen atoms in total. The maximum Gasteiger partial charge on any atom is 0.311 e. The number of nitro groups is 1. The molecule has 0 spiro atoms. The van der Waals surface area contributed by atoms with Gasteiger partial charge in [0.05, 0.1) is 10.6 Å². The fraction of sp³-hybridized carbons (Fsp3) is 0. The lowest BCUT2D eigenvalue weighted by Crippen LogP contribution is -1.99. The van der Waals surface area contributed by atoms with Gasteiger partial charge in [0.2, 0.25) is 5.82 Å². The van der Waals surface area contributed by atoms with Crippen LogP contribution in [-0.2, 0) is 0 Å². The topological polar surface area (TPSA) is 81.0 Å². The molecule has 2 aromatic heterocycles. The summed E-state index contributed by atoms with van der Waals surface area (Å²) in [5.74, 6) is 0.216. The Bertz CT molecular complexity index is 879. The summed E-state index contributed by atoms with van der Waals surface area (Å²) in [5.41, 5.74) is 2.47. The molecule has 3 rings (SSSR count). The zero-order valence-corrected chi connectivity index (χ0v) is 12.7. The SMILES string of the molecule is O=[N+]([O-])c1cccnc1Nc1cccc(C=Cc2ccccn2)c1. The van der Waals surface area contributed by atoms with Crippen LogP contribution in [0.3, 0.4) is 0 Å². The molecule has 118 valence electrons. The average molecular weight is 318 g/mol. The van der Waals surface area contributed by atoms with Gasteiger partial charge in [0.25, 0.3) is 0 Å². The lowest BCUT2D eigenvalue weighted by molar-refractivity contribution is -0.384. The number of pyridine rings is 2. The van der Waals surface area contributed by atoms with Crippen molar-refractivity contribution >= 4 is 29.3 Å². The van der Waals surface area contributed by atoms with Gasteiger partial charge < -0.3 is 5.32 Å². The first-order chi connectivity index (χ1) is 11.7. The lowest BCUT2D eigenvalue weighted by atomic mass is 10.1. The van der Waals surface area contributed by atoms with Gasteiger partial charge in [-0.1, -0.05) is 24.3 Å². The van der Waals surface area contributed by atoms with Crippen LogP contribution in [0.4, 0.5) is 17.2 Å². The molecule has 2 heterocycles. The van der Waals surface area contributed by atoms with Gasteiger partial charge >= 0.3 is 5.69 Å². The van der Waals surface area contributed by atoms with Crippen LogP contribution in [-0.4, -0.2) is 14.9 Å². The number of hydrogen-bond donors (Lipinski definition) is 1. The predicted octanol–water partition coefficient (Wildman–Crippen LogP) is 4.30. The van der Waals surface area contributed by atoms with Crippen molar-refractivity contribution in [1.29, 1.82) is 0 Å². The molecule has 0 bridgehead atoms. The van der Waals surface area contributed by atoms with Crippen LogP contribution in [0.1, 0.15) is 11.3 Å². The summed E-state index contributed by atoms with van der Waals surface area (Å²) < 4.78 is 0. The zero-order valence-electron chi connectivity index (χ0n) is 12.7. The summed E-state index contributed by atoms with van der Waals surface area (Å²) in [6.45, 7) is 0. The van der Waals surface area contributed by atoms with Gasteiger partial charge in [0.15, 0.2) is 0 Å². The maximum absolute atomic E-state index is 11.0. The summed E-state index contributed by atoms with van der Waals surface area (Å²) in [4.78, 5) is 18.9. The number of rotatable bonds is 5. The van der Waals surface area contributed by atoms with E-state index in [1.54, 1.807) is 6.20 Å². The molecular weight excluding hydrogens is 304 g/mol. The van der Waals surface area contributed by atoms with Crippen LogP contribution in [0.5, 0.6) is 0 Å². The summed E-state index contributed by atoms with van der Waals surface area (Å²) >= 11 is 0. The molecule has 0 aliphatic rings. The van der Waals surface area contributed by atoms with Crippen molar-refractivity contribution in [2.75, 3.05) is 5.32 Å². The van der Waals surface area contributed by atoms with Crippen molar-refractivity contribution < 1.29 is 4.92 Å². The van der Waals surface area contributed by atoms with E-state index in [-0.39, 0.29) is 11.5 Å². The fourth-order valence-corrected chi connectivity index (χ4v) is 2.15. The van der Waals surface area contributed by atoms with Crippen LogP contribution in [0, 0.1) is 10.1 Å². The summed E-state index contributed by atoms with van der Waals surface area (Å²) in [7, 11) is 0. The van der Waals surface area contributed by atoms with Gasteiger partial charge in [-0.3, -0.25) is 15.1 Å². The lowest BCUT2D eigenvalue weighted by Gasteiger charge is -2.06. The zero-order chi connectivity index (χ0) is 16.8. The van der Waals surface area contributed by atoms with Crippen LogP contribution < -0.4 is 5.32 Å². The Kier molecular flexibility index (Phi) is 4.57. The second-order valence-corrected chi connectivity index (χ2v) is 4.97. The number of benzene rings is 1. The van der Waals surface area contributed by atoms with E-state index in [4.69, 9.17) is 0 Å². The molecule has 1 N–H and O–H groups in total. The van der Waals surface area contributed by atoms with Crippen LogP contribution in [0.15, 0.2) is 67.0 Å². The Morgan fingerprint density at radius 1 is 0.958 bits per heavy atom. The first-order valence-corrected chi connectivity index (χ1v) is 7.28. The van der Waals surface area contributed by atoms with E-state index in [1.165, 1.54) is 18.3 Å². The molecule has 0 radical (unpaired) electrons. The van der Waals surface area contributed by atoms with E-state index in [0.717, 1.165) is 16.9 Å². The molecule has 0 unspecified atom stereocenters. The molecule has 0 aliphatic carbocycles. The van der Waals surface area contributed by atoms with Gasteiger partial charge in [-0.2, -0.15) is 0 Å². The van der Waals surface area contributed by atoms with E-state index >= 15 is 0 Å². The molecule has 0 saturated carbocycles. The van der Waals surface area contributed by atoms with Crippen molar-refractivity contribution in [3.05, 3.63) is 88.4 Å². The molecule has 0 aliphatic heterocycles. The molecule has 0 atom stereocenters. The third kappa shape index (κ3) is 3.80. The predicted molar refractivity (Wildman–Crippen MR) is 93.8 cm³/mol. The highest BCUT2D eigenvalue weighted by Crippen LogP contribution is 2.25. The van der Waals surface area contributed by atoms with Gasteiger partial charge in [-0.25, -0.2) is 4.98 Å². The first kappa shape index (κ1) is 15.4.